The zero-order chi connectivity index (χ0) is 26.4. The number of benzene rings is 3. The van der Waals surface area contributed by atoms with E-state index in [0.717, 1.165) is 16.7 Å². The van der Waals surface area contributed by atoms with E-state index >= 15 is 0 Å². The molecular weight excluding hydrogens is 513 g/mol. The van der Waals surface area contributed by atoms with E-state index in [0.29, 0.717) is 41.2 Å². The van der Waals surface area contributed by atoms with Crippen molar-refractivity contribution >= 4 is 29.1 Å². The molecule has 37 heavy (non-hydrogen) atoms. The maximum absolute atomic E-state index is 13.3. The van der Waals surface area contributed by atoms with E-state index < -0.39 is 6.10 Å². The summed E-state index contributed by atoms with van der Waals surface area (Å²) in [6.45, 7) is 2.77. The fourth-order valence-electron chi connectivity index (χ4n) is 4.69. The number of hydrogen-bond acceptors (Lipinski definition) is 5. The average Bonchev–Trinajstić information content (AvgIpc) is 2.91. The lowest BCUT2D eigenvalue weighted by atomic mass is 9.91. The summed E-state index contributed by atoms with van der Waals surface area (Å²) in [5.41, 5.74) is 2.79. The maximum Gasteiger partial charge on any atom is 0.249 e. The van der Waals surface area contributed by atoms with Gasteiger partial charge in [0.15, 0.2) is 11.5 Å². The van der Waals surface area contributed by atoms with Gasteiger partial charge < -0.3 is 23.8 Å². The van der Waals surface area contributed by atoms with Gasteiger partial charge in [-0.2, -0.15) is 0 Å². The number of amides is 1. The number of carbonyl (C=O) groups is 1. The van der Waals surface area contributed by atoms with Gasteiger partial charge >= 0.3 is 0 Å². The zero-order valence-corrected chi connectivity index (χ0v) is 22.7. The number of hydrogen-bond donors (Lipinski definition) is 0. The molecule has 1 amide bonds. The number of carbonyl (C=O) groups excluding carboxylic acids is 1. The molecule has 0 saturated carbocycles. The smallest absolute Gasteiger partial charge is 0.249 e. The molecule has 3 aromatic rings. The minimum Gasteiger partial charge on any atom is -0.493 e. The van der Waals surface area contributed by atoms with E-state index in [9.17, 15) is 4.79 Å². The minimum atomic E-state index is -0.391. The number of rotatable bonds is 10. The summed E-state index contributed by atoms with van der Waals surface area (Å²) >= 11 is 12.5. The van der Waals surface area contributed by atoms with E-state index in [1.54, 1.807) is 14.2 Å². The van der Waals surface area contributed by atoms with Crippen molar-refractivity contribution in [2.24, 2.45) is 0 Å². The fourth-order valence-corrected chi connectivity index (χ4v) is 5.02. The molecule has 1 fully saturated rings. The monoisotopic (exact) mass is 543 g/mol. The first-order valence-electron chi connectivity index (χ1n) is 12.2. The summed E-state index contributed by atoms with van der Waals surface area (Å²) in [4.78, 5) is 15.2. The molecular formula is C29H31Cl2NO5. The Morgan fingerprint density at radius 1 is 0.946 bits per heavy atom. The molecule has 1 heterocycles. The SMILES string of the molecule is CCC(COCc1ccc(OC)c(OC)c1)N1C(=O)CO[C@H](c2cccc(Cl)c2)[C@H]1c1ccc(Cl)cc1. The van der Waals surface area contributed by atoms with Crippen molar-refractivity contribution in [1.82, 2.24) is 4.90 Å². The van der Waals surface area contributed by atoms with Crippen LogP contribution in [0.25, 0.3) is 0 Å². The van der Waals surface area contributed by atoms with E-state index in [2.05, 4.69) is 6.92 Å². The Labute approximate surface area is 228 Å². The Hall–Kier alpha value is -2.77. The second kappa shape index (κ2) is 12.7. The normalized spacial score (nSPS) is 18.5. The summed E-state index contributed by atoms with van der Waals surface area (Å²) < 4.78 is 23.0. The van der Waals surface area contributed by atoms with Gasteiger partial charge in [-0.05, 0) is 59.5 Å². The molecule has 3 atom stereocenters. The van der Waals surface area contributed by atoms with Crippen molar-refractivity contribution < 1.29 is 23.7 Å². The summed E-state index contributed by atoms with van der Waals surface area (Å²) in [5.74, 6) is 1.22. The highest BCUT2D eigenvalue weighted by molar-refractivity contribution is 6.30. The molecule has 8 heteroatoms. The van der Waals surface area contributed by atoms with Crippen LogP contribution in [0.3, 0.4) is 0 Å². The molecule has 196 valence electrons. The van der Waals surface area contributed by atoms with Crippen LogP contribution >= 0.6 is 23.2 Å². The molecule has 0 bridgehead atoms. The standard InChI is InChI=1S/C29H31Cl2NO5/c1-4-24(17-36-16-19-8-13-25(34-2)26(14-19)35-3)32-27(33)18-37-29(21-6-5-7-23(31)15-21)28(32)20-9-11-22(30)12-10-20/h5-15,24,28-29H,4,16-18H2,1-3H3/t24?,28-,29-/m1/s1. The molecule has 0 aliphatic carbocycles. The first-order chi connectivity index (χ1) is 17.9. The predicted octanol–water partition coefficient (Wildman–Crippen LogP) is 6.65. The number of nitrogens with zero attached hydrogens (tertiary/aromatic N) is 1. The molecule has 4 rings (SSSR count). The number of halogens is 2. The molecule has 1 aliphatic rings. The van der Waals surface area contributed by atoms with Crippen LogP contribution in [0.15, 0.2) is 66.7 Å². The van der Waals surface area contributed by atoms with Gasteiger partial charge in [0.05, 0.1) is 39.5 Å². The average molecular weight is 544 g/mol. The van der Waals surface area contributed by atoms with Crippen LogP contribution in [0.5, 0.6) is 11.5 Å². The molecule has 1 aliphatic heterocycles. The molecule has 3 aromatic carbocycles. The lowest BCUT2D eigenvalue weighted by Gasteiger charge is -2.45. The van der Waals surface area contributed by atoms with Crippen LogP contribution in [0.2, 0.25) is 10.0 Å². The number of methoxy groups -OCH3 is 2. The molecule has 1 unspecified atom stereocenters. The van der Waals surface area contributed by atoms with Crippen LogP contribution < -0.4 is 9.47 Å². The van der Waals surface area contributed by atoms with Gasteiger partial charge in [-0.3, -0.25) is 4.79 Å². The van der Waals surface area contributed by atoms with Gasteiger partial charge in [0, 0.05) is 10.0 Å². The molecule has 6 nitrogen and oxygen atoms in total. The Bertz CT molecular complexity index is 1200. The molecule has 0 spiro atoms. The molecule has 0 aromatic heterocycles. The van der Waals surface area contributed by atoms with Gasteiger partial charge in [0.25, 0.3) is 0 Å². The Morgan fingerprint density at radius 2 is 1.70 bits per heavy atom. The lowest BCUT2D eigenvalue weighted by Crippen LogP contribution is -2.52. The fraction of sp³-hybridized carbons (Fsp3) is 0.345. The summed E-state index contributed by atoms with van der Waals surface area (Å²) in [6.07, 6.45) is 0.321. The van der Waals surface area contributed by atoms with Crippen molar-refractivity contribution in [3.05, 3.63) is 93.5 Å². The topological polar surface area (TPSA) is 57.2 Å². The van der Waals surface area contributed by atoms with Crippen LogP contribution in [0.1, 0.15) is 42.2 Å². The highest BCUT2D eigenvalue weighted by atomic mass is 35.5. The first kappa shape index (κ1) is 27.3. The van der Waals surface area contributed by atoms with Gasteiger partial charge in [0.1, 0.15) is 12.7 Å². The van der Waals surface area contributed by atoms with Gasteiger partial charge in [-0.1, -0.05) is 60.5 Å². The van der Waals surface area contributed by atoms with Crippen LogP contribution in [-0.4, -0.2) is 44.3 Å². The largest absolute Gasteiger partial charge is 0.493 e. The lowest BCUT2D eigenvalue weighted by molar-refractivity contribution is -0.166. The quantitative estimate of drug-likeness (QED) is 0.286. The van der Waals surface area contributed by atoms with Crippen molar-refractivity contribution in [3.63, 3.8) is 0 Å². The first-order valence-corrected chi connectivity index (χ1v) is 12.9. The third-order valence-electron chi connectivity index (χ3n) is 6.54. The highest BCUT2D eigenvalue weighted by Crippen LogP contribution is 2.42. The van der Waals surface area contributed by atoms with Gasteiger partial charge in [-0.25, -0.2) is 0 Å². The Morgan fingerprint density at radius 3 is 2.38 bits per heavy atom. The minimum absolute atomic E-state index is 0.0204. The second-order valence-electron chi connectivity index (χ2n) is 8.85. The highest BCUT2D eigenvalue weighted by Gasteiger charge is 2.41. The molecule has 1 saturated heterocycles. The van der Waals surface area contributed by atoms with E-state index in [1.165, 1.54) is 0 Å². The van der Waals surface area contributed by atoms with Gasteiger partial charge in [-0.15, -0.1) is 0 Å². The molecule has 0 radical (unpaired) electrons. The Balaban J connectivity index is 1.59. The summed E-state index contributed by atoms with van der Waals surface area (Å²) in [6, 6.07) is 20.3. The molecule has 0 N–H and O–H groups in total. The van der Waals surface area contributed by atoms with Crippen molar-refractivity contribution in [3.8, 4) is 11.5 Å². The Kier molecular flexibility index (Phi) is 9.33. The van der Waals surface area contributed by atoms with E-state index in [-0.39, 0.29) is 24.6 Å². The predicted molar refractivity (Wildman–Crippen MR) is 144 cm³/mol. The third kappa shape index (κ3) is 6.39. The number of ether oxygens (including phenoxy) is 4. The van der Waals surface area contributed by atoms with E-state index in [1.807, 2.05) is 71.6 Å². The third-order valence-corrected chi connectivity index (χ3v) is 7.03. The van der Waals surface area contributed by atoms with E-state index in [4.69, 9.17) is 42.1 Å². The second-order valence-corrected chi connectivity index (χ2v) is 9.72. The van der Waals surface area contributed by atoms with Crippen molar-refractivity contribution in [2.75, 3.05) is 27.4 Å². The maximum atomic E-state index is 13.3. The zero-order valence-electron chi connectivity index (χ0n) is 21.2. The van der Waals surface area contributed by atoms with Crippen LogP contribution in [0.4, 0.5) is 0 Å². The van der Waals surface area contributed by atoms with Crippen molar-refractivity contribution in [2.45, 2.75) is 38.1 Å². The number of morpholine rings is 1. The van der Waals surface area contributed by atoms with Crippen LogP contribution in [-0.2, 0) is 20.9 Å². The van der Waals surface area contributed by atoms with Gasteiger partial charge in [0.2, 0.25) is 5.91 Å². The van der Waals surface area contributed by atoms with Crippen molar-refractivity contribution in [1.29, 1.82) is 0 Å². The summed E-state index contributed by atoms with van der Waals surface area (Å²) in [5, 5.41) is 1.24. The van der Waals surface area contributed by atoms with Crippen LogP contribution in [0, 0.1) is 0 Å². The summed E-state index contributed by atoms with van der Waals surface area (Å²) in [7, 11) is 3.21.